The second-order valence-electron chi connectivity index (χ2n) is 5.07. The van der Waals surface area contributed by atoms with E-state index in [1.165, 1.54) is 17.9 Å². The predicted octanol–water partition coefficient (Wildman–Crippen LogP) is 4.34. The maximum absolute atomic E-state index is 12.1. The first kappa shape index (κ1) is 15.6. The Morgan fingerprint density at radius 3 is 2.64 bits per heavy atom. The fourth-order valence-corrected chi connectivity index (χ4v) is 1.99. The van der Waals surface area contributed by atoms with Crippen LogP contribution in [0.15, 0.2) is 52.7 Å². The van der Waals surface area contributed by atoms with Crippen LogP contribution in [0.4, 0.5) is 5.69 Å². The van der Waals surface area contributed by atoms with Crippen molar-refractivity contribution in [2.75, 3.05) is 5.32 Å². The molecule has 112 valence electrons. The number of nitrogens with one attached hydrogen (secondary N) is 1. The van der Waals surface area contributed by atoms with Crippen molar-refractivity contribution in [1.29, 1.82) is 5.26 Å². The summed E-state index contributed by atoms with van der Waals surface area (Å²) in [4.78, 5) is 12.1. The van der Waals surface area contributed by atoms with Gasteiger partial charge in [0.1, 0.15) is 17.4 Å². The zero-order valence-electron chi connectivity index (χ0n) is 12.7. The van der Waals surface area contributed by atoms with E-state index in [0.29, 0.717) is 17.4 Å². The van der Waals surface area contributed by atoms with Crippen molar-refractivity contribution in [3.63, 3.8) is 0 Å². The number of benzene rings is 1. The Labute approximate surface area is 130 Å². The molecule has 1 heterocycles. The molecule has 1 aromatic heterocycles. The molecule has 0 fully saturated rings. The molecule has 22 heavy (non-hydrogen) atoms. The van der Waals surface area contributed by atoms with Crippen LogP contribution < -0.4 is 5.32 Å². The number of rotatable bonds is 5. The van der Waals surface area contributed by atoms with Gasteiger partial charge in [0.25, 0.3) is 5.91 Å². The van der Waals surface area contributed by atoms with Crippen molar-refractivity contribution in [3.05, 3.63) is 59.6 Å². The first-order chi connectivity index (χ1) is 10.6. The molecule has 0 spiro atoms. The maximum atomic E-state index is 12.1. The van der Waals surface area contributed by atoms with E-state index in [-0.39, 0.29) is 5.57 Å². The molecule has 0 saturated heterocycles. The largest absolute Gasteiger partial charge is 0.465 e. The first-order valence-electron chi connectivity index (χ1n) is 7.20. The van der Waals surface area contributed by atoms with Gasteiger partial charge < -0.3 is 9.73 Å². The third-order valence-corrected chi connectivity index (χ3v) is 3.54. The van der Waals surface area contributed by atoms with Crippen LogP contribution in [-0.4, -0.2) is 5.91 Å². The molecule has 4 nitrogen and oxygen atoms in total. The third kappa shape index (κ3) is 3.86. The Bertz CT molecular complexity index is 692. The van der Waals surface area contributed by atoms with E-state index in [9.17, 15) is 4.79 Å². The van der Waals surface area contributed by atoms with Gasteiger partial charge in [-0.1, -0.05) is 26.0 Å². The summed E-state index contributed by atoms with van der Waals surface area (Å²) in [6.07, 6.45) is 3.98. The SMILES string of the molecule is CC[C@@H](C)c1ccc(NC(=O)/C(C#N)=C/c2ccco2)cc1. The van der Waals surface area contributed by atoms with Crippen molar-refractivity contribution in [2.24, 2.45) is 0 Å². The predicted molar refractivity (Wildman–Crippen MR) is 86.1 cm³/mol. The fourth-order valence-electron chi connectivity index (χ4n) is 1.99. The molecule has 1 N–H and O–H groups in total. The summed E-state index contributed by atoms with van der Waals surface area (Å²) in [5.41, 5.74) is 1.89. The highest BCUT2D eigenvalue weighted by Gasteiger charge is 2.10. The molecule has 0 unspecified atom stereocenters. The van der Waals surface area contributed by atoms with Gasteiger partial charge in [-0.2, -0.15) is 5.26 Å². The molecular formula is C18H18N2O2. The van der Waals surface area contributed by atoms with Crippen molar-refractivity contribution in [2.45, 2.75) is 26.2 Å². The first-order valence-corrected chi connectivity index (χ1v) is 7.20. The van der Waals surface area contributed by atoms with E-state index in [2.05, 4.69) is 19.2 Å². The quantitative estimate of drug-likeness (QED) is 0.659. The summed E-state index contributed by atoms with van der Waals surface area (Å²) in [6.45, 7) is 4.30. The summed E-state index contributed by atoms with van der Waals surface area (Å²) in [7, 11) is 0. The number of nitrogens with zero attached hydrogens (tertiary/aromatic N) is 1. The van der Waals surface area contributed by atoms with E-state index in [0.717, 1.165) is 6.42 Å². The van der Waals surface area contributed by atoms with Crippen LogP contribution >= 0.6 is 0 Å². The van der Waals surface area contributed by atoms with Gasteiger partial charge in [0.05, 0.1) is 6.26 Å². The third-order valence-electron chi connectivity index (χ3n) is 3.54. The topological polar surface area (TPSA) is 66.0 Å². The van der Waals surface area contributed by atoms with E-state index in [1.807, 2.05) is 30.3 Å². The van der Waals surface area contributed by atoms with Gasteiger partial charge in [-0.25, -0.2) is 0 Å². The summed E-state index contributed by atoms with van der Waals surface area (Å²) >= 11 is 0. The normalized spacial score (nSPS) is 12.5. The van der Waals surface area contributed by atoms with Crippen LogP contribution in [0.1, 0.15) is 37.5 Å². The minimum absolute atomic E-state index is 0.000882. The second kappa shape index (κ2) is 7.28. The number of nitriles is 1. The lowest BCUT2D eigenvalue weighted by molar-refractivity contribution is -0.112. The fraction of sp³-hybridized carbons (Fsp3) is 0.222. The van der Waals surface area contributed by atoms with Gasteiger partial charge in [-0.15, -0.1) is 0 Å². The Balaban J connectivity index is 2.09. The number of anilines is 1. The lowest BCUT2D eigenvalue weighted by Crippen LogP contribution is -2.13. The van der Waals surface area contributed by atoms with Crippen molar-refractivity contribution >= 4 is 17.7 Å². The standard InChI is InChI=1S/C18H18N2O2/c1-3-13(2)14-6-8-16(9-7-14)20-18(21)15(12-19)11-17-5-4-10-22-17/h4-11,13H,3H2,1-2H3,(H,20,21)/b15-11+/t13-/m1/s1. The number of amides is 1. The van der Waals surface area contributed by atoms with Crippen LogP contribution in [0.2, 0.25) is 0 Å². The van der Waals surface area contributed by atoms with Crippen molar-refractivity contribution in [3.8, 4) is 6.07 Å². The van der Waals surface area contributed by atoms with Crippen LogP contribution in [0.25, 0.3) is 6.08 Å². The van der Waals surface area contributed by atoms with Gasteiger partial charge in [0.15, 0.2) is 0 Å². The monoisotopic (exact) mass is 294 g/mol. The van der Waals surface area contributed by atoms with E-state index >= 15 is 0 Å². The van der Waals surface area contributed by atoms with Gasteiger partial charge in [-0.05, 0) is 42.2 Å². The number of hydrogen-bond donors (Lipinski definition) is 1. The van der Waals surface area contributed by atoms with Gasteiger partial charge in [0, 0.05) is 11.8 Å². The Morgan fingerprint density at radius 2 is 2.09 bits per heavy atom. The van der Waals surface area contributed by atoms with E-state index in [4.69, 9.17) is 9.68 Å². The Morgan fingerprint density at radius 1 is 1.36 bits per heavy atom. The minimum Gasteiger partial charge on any atom is -0.465 e. The van der Waals surface area contributed by atoms with Gasteiger partial charge in [-0.3, -0.25) is 4.79 Å². The van der Waals surface area contributed by atoms with Crippen LogP contribution in [0.5, 0.6) is 0 Å². The summed E-state index contributed by atoms with van der Waals surface area (Å²) < 4.78 is 5.11. The summed E-state index contributed by atoms with van der Waals surface area (Å²) in [5.74, 6) is 0.507. The van der Waals surface area contributed by atoms with E-state index < -0.39 is 5.91 Å². The molecule has 0 aliphatic heterocycles. The highest BCUT2D eigenvalue weighted by atomic mass is 16.3. The molecule has 0 aliphatic carbocycles. The van der Waals surface area contributed by atoms with Crippen LogP contribution in [0.3, 0.4) is 0 Å². The molecule has 4 heteroatoms. The Hall–Kier alpha value is -2.80. The summed E-state index contributed by atoms with van der Waals surface area (Å²) in [6, 6.07) is 13.0. The minimum atomic E-state index is -0.449. The number of carbonyl (C=O) groups excluding carboxylic acids is 1. The molecule has 0 radical (unpaired) electrons. The van der Waals surface area contributed by atoms with Crippen molar-refractivity contribution < 1.29 is 9.21 Å². The highest BCUT2D eigenvalue weighted by Crippen LogP contribution is 2.20. The van der Waals surface area contributed by atoms with Gasteiger partial charge in [0.2, 0.25) is 0 Å². The van der Waals surface area contributed by atoms with Crippen LogP contribution in [-0.2, 0) is 4.79 Å². The number of furan rings is 1. The van der Waals surface area contributed by atoms with Crippen LogP contribution in [0, 0.1) is 11.3 Å². The Kier molecular flexibility index (Phi) is 5.16. The molecule has 2 aromatic rings. The molecular weight excluding hydrogens is 276 g/mol. The second-order valence-corrected chi connectivity index (χ2v) is 5.07. The zero-order chi connectivity index (χ0) is 15.9. The molecule has 0 bridgehead atoms. The molecule has 0 aliphatic rings. The van der Waals surface area contributed by atoms with Crippen molar-refractivity contribution in [1.82, 2.24) is 0 Å². The summed E-state index contributed by atoms with van der Waals surface area (Å²) in [5, 5.41) is 11.8. The number of hydrogen-bond acceptors (Lipinski definition) is 3. The van der Waals surface area contributed by atoms with Gasteiger partial charge >= 0.3 is 0 Å². The zero-order valence-corrected chi connectivity index (χ0v) is 12.7. The molecule has 1 amide bonds. The maximum Gasteiger partial charge on any atom is 0.266 e. The molecule has 1 atom stereocenters. The smallest absolute Gasteiger partial charge is 0.266 e. The molecule has 2 rings (SSSR count). The average Bonchev–Trinajstić information content (AvgIpc) is 3.05. The average molecular weight is 294 g/mol. The molecule has 1 aromatic carbocycles. The lowest BCUT2D eigenvalue weighted by Gasteiger charge is -2.10. The number of carbonyl (C=O) groups is 1. The lowest BCUT2D eigenvalue weighted by atomic mass is 9.98. The van der Waals surface area contributed by atoms with E-state index in [1.54, 1.807) is 12.1 Å². The molecule has 0 saturated carbocycles. The highest BCUT2D eigenvalue weighted by molar-refractivity contribution is 6.09.